The number of likely N-dealkylation sites (tertiary alicyclic amines) is 1. The molecule has 1 aromatic heterocycles. The lowest BCUT2D eigenvalue weighted by Gasteiger charge is -2.36. The maximum absolute atomic E-state index is 14.5. The minimum atomic E-state index is -0.688. The molecule has 7 nitrogen and oxygen atoms in total. The number of amides is 1. The Kier molecular flexibility index (Phi) is 10.0. The molecule has 1 aliphatic heterocycles. The van der Waals surface area contributed by atoms with Crippen molar-refractivity contribution >= 4 is 11.9 Å². The van der Waals surface area contributed by atoms with Gasteiger partial charge < -0.3 is 19.7 Å². The quantitative estimate of drug-likeness (QED) is 0.356. The fourth-order valence-electron chi connectivity index (χ4n) is 6.95. The molecule has 2 aromatic rings. The number of ether oxygens (including phenoxy) is 2. The molecule has 2 aliphatic rings. The maximum Gasteiger partial charge on any atom is 0.329 e. The smallest absolute Gasteiger partial charge is 0.329 e. The molecule has 1 aliphatic carbocycles. The third-order valence-electron chi connectivity index (χ3n) is 9.01. The van der Waals surface area contributed by atoms with Crippen molar-refractivity contribution in [2.75, 3.05) is 13.7 Å². The summed E-state index contributed by atoms with van der Waals surface area (Å²) in [4.78, 5) is 35.0. The van der Waals surface area contributed by atoms with Crippen LogP contribution in [0.15, 0.2) is 42.6 Å². The summed E-state index contributed by atoms with van der Waals surface area (Å²) in [7, 11) is 1.67. The van der Waals surface area contributed by atoms with E-state index in [0.29, 0.717) is 12.3 Å². The number of pyridine rings is 1. The highest BCUT2D eigenvalue weighted by Crippen LogP contribution is 2.49. The SMILES string of the molecule is CCOC(=O)[C@@H]1[C@@H](C(C)(C)C)[C@H](NCc2cc(C(C)(C)C)ncc2OC)[C@H](c2ccccc2)N1C(=O)C1CCCCC1. The van der Waals surface area contributed by atoms with Gasteiger partial charge in [-0.25, -0.2) is 4.79 Å². The number of methoxy groups -OCH3 is 1. The Hall–Kier alpha value is -2.93. The van der Waals surface area contributed by atoms with Crippen LogP contribution in [-0.2, 0) is 26.3 Å². The lowest BCUT2D eigenvalue weighted by atomic mass is 9.72. The number of nitrogens with zero attached hydrogens (tertiary/aromatic N) is 2. The largest absolute Gasteiger partial charge is 0.495 e. The van der Waals surface area contributed by atoms with Crippen LogP contribution in [0.4, 0.5) is 0 Å². The highest BCUT2D eigenvalue weighted by Gasteiger charge is 2.58. The van der Waals surface area contributed by atoms with Crippen molar-refractivity contribution in [3.63, 3.8) is 0 Å². The highest BCUT2D eigenvalue weighted by molar-refractivity contribution is 5.88. The average molecular weight is 578 g/mol. The normalized spacial score (nSPS) is 23.6. The van der Waals surface area contributed by atoms with E-state index >= 15 is 0 Å². The van der Waals surface area contributed by atoms with Gasteiger partial charge in [0.1, 0.15) is 11.8 Å². The van der Waals surface area contributed by atoms with E-state index in [0.717, 1.165) is 48.9 Å². The van der Waals surface area contributed by atoms with E-state index in [1.54, 1.807) is 13.3 Å². The third-order valence-corrected chi connectivity index (χ3v) is 9.01. The number of nitrogens with one attached hydrogen (secondary N) is 1. The number of aromatic nitrogens is 1. The predicted octanol–water partition coefficient (Wildman–Crippen LogP) is 6.60. The minimum absolute atomic E-state index is 0.0732. The van der Waals surface area contributed by atoms with Crippen LogP contribution < -0.4 is 10.1 Å². The number of carbonyl (C=O) groups is 2. The van der Waals surface area contributed by atoms with Crippen molar-refractivity contribution in [1.29, 1.82) is 0 Å². The van der Waals surface area contributed by atoms with Gasteiger partial charge >= 0.3 is 5.97 Å². The molecule has 1 saturated heterocycles. The molecule has 0 bridgehead atoms. The Morgan fingerprint density at radius 1 is 1.02 bits per heavy atom. The number of carbonyl (C=O) groups excluding carboxylic acids is 2. The van der Waals surface area contributed by atoms with Gasteiger partial charge in [-0.3, -0.25) is 9.78 Å². The van der Waals surface area contributed by atoms with Crippen molar-refractivity contribution in [1.82, 2.24) is 15.2 Å². The monoisotopic (exact) mass is 577 g/mol. The Morgan fingerprint density at radius 3 is 2.26 bits per heavy atom. The van der Waals surface area contributed by atoms with Crippen LogP contribution in [0.2, 0.25) is 0 Å². The summed E-state index contributed by atoms with van der Waals surface area (Å²) in [6.07, 6.45) is 6.79. The van der Waals surface area contributed by atoms with E-state index in [2.05, 4.69) is 70.0 Å². The minimum Gasteiger partial charge on any atom is -0.495 e. The summed E-state index contributed by atoms with van der Waals surface area (Å²) in [6, 6.07) is 11.1. The van der Waals surface area contributed by atoms with Crippen LogP contribution in [0.1, 0.15) is 103 Å². The van der Waals surface area contributed by atoms with Gasteiger partial charge in [-0.1, -0.05) is 91.1 Å². The number of hydrogen-bond donors (Lipinski definition) is 1. The number of rotatable bonds is 8. The van der Waals surface area contributed by atoms with Crippen molar-refractivity contribution in [3.8, 4) is 5.75 Å². The lowest BCUT2D eigenvalue weighted by molar-refractivity contribution is -0.158. The second-order valence-electron chi connectivity index (χ2n) is 14.1. The van der Waals surface area contributed by atoms with Crippen LogP contribution in [0, 0.1) is 17.3 Å². The molecular formula is C35H51N3O4. The van der Waals surface area contributed by atoms with E-state index in [-0.39, 0.29) is 53.2 Å². The topological polar surface area (TPSA) is 80.8 Å². The van der Waals surface area contributed by atoms with Crippen molar-refractivity contribution in [3.05, 3.63) is 59.4 Å². The van der Waals surface area contributed by atoms with Crippen LogP contribution >= 0.6 is 0 Å². The molecule has 1 N–H and O–H groups in total. The molecule has 230 valence electrons. The molecular weight excluding hydrogens is 526 g/mol. The van der Waals surface area contributed by atoms with Gasteiger partial charge in [-0.15, -0.1) is 0 Å². The van der Waals surface area contributed by atoms with E-state index in [9.17, 15) is 9.59 Å². The first-order chi connectivity index (χ1) is 19.9. The molecule has 2 heterocycles. The van der Waals surface area contributed by atoms with Crippen LogP contribution in [-0.4, -0.2) is 47.6 Å². The maximum atomic E-state index is 14.5. The fourth-order valence-corrected chi connectivity index (χ4v) is 6.95. The summed E-state index contributed by atoms with van der Waals surface area (Å²) < 4.78 is 11.4. The summed E-state index contributed by atoms with van der Waals surface area (Å²) in [5.74, 6) is 0.217. The Morgan fingerprint density at radius 2 is 1.69 bits per heavy atom. The molecule has 0 spiro atoms. The molecule has 1 saturated carbocycles. The molecule has 0 unspecified atom stereocenters. The molecule has 0 radical (unpaired) electrons. The second-order valence-corrected chi connectivity index (χ2v) is 14.1. The van der Waals surface area contributed by atoms with Gasteiger partial charge in [0.05, 0.1) is 26.0 Å². The van der Waals surface area contributed by atoms with E-state index < -0.39 is 6.04 Å². The molecule has 42 heavy (non-hydrogen) atoms. The number of esters is 1. The standard InChI is InChI=1S/C35H51N3O4/c1-9-42-33(40)31-28(35(5,6)7)29(37-21-25-20-27(34(2,3)4)36-22-26(25)41-8)30(23-16-12-10-13-17-23)38(31)32(39)24-18-14-11-15-19-24/h10,12-13,16-17,20,22,24,28-31,37H,9,11,14-15,18-19,21H2,1-8H3/t28-,29-,30-,31-/m0/s1. The lowest BCUT2D eigenvalue weighted by Crippen LogP contribution is -2.50. The molecule has 4 atom stereocenters. The van der Waals surface area contributed by atoms with Crippen molar-refractivity contribution in [2.45, 2.75) is 111 Å². The van der Waals surface area contributed by atoms with Crippen LogP contribution in [0.3, 0.4) is 0 Å². The highest BCUT2D eigenvalue weighted by atomic mass is 16.5. The molecule has 7 heteroatoms. The molecule has 2 fully saturated rings. The molecule has 1 amide bonds. The zero-order valence-electron chi connectivity index (χ0n) is 26.9. The van der Waals surface area contributed by atoms with Gasteiger partial charge in [0.25, 0.3) is 0 Å². The van der Waals surface area contributed by atoms with Crippen molar-refractivity contribution < 1.29 is 19.1 Å². The predicted molar refractivity (Wildman–Crippen MR) is 166 cm³/mol. The number of benzene rings is 1. The first-order valence-corrected chi connectivity index (χ1v) is 15.7. The van der Waals surface area contributed by atoms with E-state index in [1.807, 2.05) is 30.0 Å². The van der Waals surface area contributed by atoms with Crippen molar-refractivity contribution in [2.24, 2.45) is 17.3 Å². The summed E-state index contributed by atoms with van der Waals surface area (Å²) in [5, 5.41) is 3.86. The first kappa shape index (κ1) is 32.0. The Bertz CT molecular complexity index is 1210. The molecule has 4 rings (SSSR count). The Balaban J connectivity index is 1.84. The summed E-state index contributed by atoms with van der Waals surface area (Å²) >= 11 is 0. The Labute approximate surface area is 252 Å². The van der Waals surface area contributed by atoms with Gasteiger partial charge in [-0.2, -0.15) is 0 Å². The summed E-state index contributed by atoms with van der Waals surface area (Å²) in [5.41, 5.74) is 2.59. The third kappa shape index (κ3) is 6.82. The molecule has 1 aromatic carbocycles. The van der Waals surface area contributed by atoms with Gasteiger partial charge in [-0.05, 0) is 36.8 Å². The van der Waals surface area contributed by atoms with E-state index in [1.165, 1.54) is 0 Å². The first-order valence-electron chi connectivity index (χ1n) is 15.7. The van der Waals surface area contributed by atoms with E-state index in [4.69, 9.17) is 9.47 Å². The average Bonchev–Trinajstić information content (AvgIpc) is 3.32. The summed E-state index contributed by atoms with van der Waals surface area (Å²) in [6.45, 7) is 15.6. The second kappa shape index (κ2) is 13.2. The number of hydrogen-bond acceptors (Lipinski definition) is 6. The van der Waals surface area contributed by atoms with Crippen LogP contribution in [0.25, 0.3) is 0 Å². The zero-order valence-corrected chi connectivity index (χ0v) is 26.9. The van der Waals surface area contributed by atoms with Gasteiger partial charge in [0.15, 0.2) is 0 Å². The van der Waals surface area contributed by atoms with Gasteiger partial charge in [0, 0.05) is 41.1 Å². The fraction of sp³-hybridized carbons (Fsp3) is 0.629. The van der Waals surface area contributed by atoms with Crippen LogP contribution in [0.5, 0.6) is 5.75 Å². The van der Waals surface area contributed by atoms with Gasteiger partial charge in [0.2, 0.25) is 5.91 Å². The zero-order chi connectivity index (χ0) is 30.7.